The highest BCUT2D eigenvalue weighted by Gasteiger charge is 2.18. The third-order valence-corrected chi connectivity index (χ3v) is 4.06. The smallest absolute Gasteiger partial charge is 0.0140 e. The molecule has 2 aliphatic rings. The van der Waals surface area contributed by atoms with E-state index in [0.29, 0.717) is 0 Å². The average Bonchev–Trinajstić information content (AvgIpc) is 2.29. The Labute approximate surface area is 89.5 Å². The first kappa shape index (κ1) is 10.5. The molecular weight excluding hydrogens is 168 g/mol. The maximum absolute atomic E-state index is 3.66. The quantitative estimate of drug-likeness (QED) is 0.612. The Morgan fingerprint density at radius 3 is 2.29 bits per heavy atom. The van der Waals surface area contributed by atoms with Crippen LogP contribution in [0.5, 0.6) is 0 Å². The largest absolute Gasteiger partial charge is 0.0533 e. The van der Waals surface area contributed by atoms with Gasteiger partial charge in [0.1, 0.15) is 0 Å². The van der Waals surface area contributed by atoms with Crippen LogP contribution >= 0.6 is 0 Å². The van der Waals surface area contributed by atoms with Crippen molar-refractivity contribution in [2.24, 2.45) is 11.8 Å². The molecule has 0 aliphatic heterocycles. The lowest BCUT2D eigenvalue weighted by Gasteiger charge is -2.25. The first-order valence-electron chi connectivity index (χ1n) is 6.68. The van der Waals surface area contributed by atoms with Crippen LogP contribution in [0, 0.1) is 18.3 Å². The van der Waals surface area contributed by atoms with Crippen LogP contribution in [0.15, 0.2) is 0 Å². The summed E-state index contributed by atoms with van der Waals surface area (Å²) in [6, 6.07) is 0. The number of hydrogen-bond donors (Lipinski definition) is 0. The van der Waals surface area contributed by atoms with Crippen molar-refractivity contribution in [3.63, 3.8) is 0 Å². The fraction of sp³-hybridized carbons (Fsp3) is 0.929. The third-order valence-electron chi connectivity index (χ3n) is 4.06. The molecule has 0 amide bonds. The zero-order valence-electron chi connectivity index (χ0n) is 9.43. The summed E-state index contributed by atoms with van der Waals surface area (Å²) < 4.78 is 0. The molecular formula is C14H24. The molecule has 0 saturated heterocycles. The van der Waals surface area contributed by atoms with Gasteiger partial charge in [-0.3, -0.25) is 0 Å². The third kappa shape index (κ3) is 3.29. The van der Waals surface area contributed by atoms with E-state index in [2.05, 4.69) is 6.42 Å². The number of hydrogen-bond acceptors (Lipinski definition) is 0. The molecule has 14 heavy (non-hydrogen) atoms. The average molecular weight is 192 g/mol. The van der Waals surface area contributed by atoms with Crippen molar-refractivity contribution >= 4 is 0 Å². The van der Waals surface area contributed by atoms with Gasteiger partial charge in [-0.15, -0.1) is 0 Å². The van der Waals surface area contributed by atoms with Gasteiger partial charge in [0, 0.05) is 0 Å². The Hall–Kier alpha value is 0. The highest BCUT2D eigenvalue weighted by atomic mass is 14.2. The van der Waals surface area contributed by atoms with E-state index in [1.54, 1.807) is 0 Å². The summed E-state index contributed by atoms with van der Waals surface area (Å²) in [7, 11) is 0. The van der Waals surface area contributed by atoms with Crippen LogP contribution in [0.3, 0.4) is 0 Å². The van der Waals surface area contributed by atoms with Crippen molar-refractivity contribution in [1.82, 2.24) is 0 Å². The van der Waals surface area contributed by atoms with E-state index in [9.17, 15) is 0 Å². The fourth-order valence-electron chi connectivity index (χ4n) is 3.08. The highest BCUT2D eigenvalue weighted by Crippen LogP contribution is 2.32. The van der Waals surface area contributed by atoms with E-state index in [4.69, 9.17) is 0 Å². The molecule has 1 unspecified atom stereocenters. The predicted molar refractivity (Wildman–Crippen MR) is 61.0 cm³/mol. The van der Waals surface area contributed by atoms with Crippen LogP contribution < -0.4 is 0 Å². The van der Waals surface area contributed by atoms with Gasteiger partial charge in [0.2, 0.25) is 0 Å². The fourth-order valence-corrected chi connectivity index (χ4v) is 3.08. The van der Waals surface area contributed by atoms with Gasteiger partial charge in [-0.25, -0.2) is 0 Å². The summed E-state index contributed by atoms with van der Waals surface area (Å²) in [5.74, 6) is 1.94. The second kappa shape index (κ2) is 5.78. The van der Waals surface area contributed by atoms with Crippen LogP contribution in [0.25, 0.3) is 0 Å². The molecule has 2 rings (SSSR count). The normalized spacial score (nSPS) is 26.6. The molecule has 0 bridgehead atoms. The van der Waals surface area contributed by atoms with E-state index in [0.717, 1.165) is 11.8 Å². The molecule has 0 spiro atoms. The Morgan fingerprint density at radius 1 is 0.786 bits per heavy atom. The van der Waals surface area contributed by atoms with Gasteiger partial charge < -0.3 is 0 Å². The monoisotopic (exact) mass is 192 g/mol. The molecule has 2 radical (unpaired) electrons. The Morgan fingerprint density at radius 2 is 1.57 bits per heavy atom. The molecule has 80 valence electrons. The van der Waals surface area contributed by atoms with E-state index in [-0.39, 0.29) is 0 Å². The summed E-state index contributed by atoms with van der Waals surface area (Å²) >= 11 is 0. The van der Waals surface area contributed by atoms with Crippen LogP contribution in [0.1, 0.15) is 70.6 Å². The summed E-state index contributed by atoms with van der Waals surface area (Å²) in [6.07, 6.45) is 19.7. The minimum Gasteiger partial charge on any atom is -0.0533 e. The lowest BCUT2D eigenvalue weighted by atomic mass is 9.80. The summed E-state index contributed by atoms with van der Waals surface area (Å²) in [5.41, 5.74) is 0. The molecule has 0 aromatic carbocycles. The minimum absolute atomic E-state index is 0.866. The summed E-state index contributed by atoms with van der Waals surface area (Å²) in [6.45, 7) is 0. The lowest BCUT2D eigenvalue weighted by Crippen LogP contribution is -2.11. The Bertz CT molecular complexity index is 120. The van der Waals surface area contributed by atoms with Crippen LogP contribution in [0.4, 0.5) is 0 Å². The van der Waals surface area contributed by atoms with Gasteiger partial charge in [-0.05, 0) is 37.5 Å². The number of rotatable bonds is 3. The Balaban J connectivity index is 1.60. The maximum Gasteiger partial charge on any atom is -0.0140 e. The molecule has 2 fully saturated rings. The SMILES string of the molecule is [C]1CCCCC1CCC1CCCCC1. The van der Waals surface area contributed by atoms with E-state index < -0.39 is 0 Å². The zero-order valence-corrected chi connectivity index (χ0v) is 9.43. The standard InChI is InChI=1S/C14H24/c1-3-7-13(8-4-1)11-12-14-9-5-2-6-10-14/h13-14H,1-9,11-12H2. The lowest BCUT2D eigenvalue weighted by molar-refractivity contribution is 0.301. The van der Waals surface area contributed by atoms with Gasteiger partial charge in [-0.2, -0.15) is 0 Å². The van der Waals surface area contributed by atoms with Gasteiger partial charge >= 0.3 is 0 Å². The van der Waals surface area contributed by atoms with Crippen molar-refractivity contribution in [3.8, 4) is 0 Å². The summed E-state index contributed by atoms with van der Waals surface area (Å²) in [5, 5.41) is 0. The van der Waals surface area contributed by atoms with Crippen molar-refractivity contribution in [1.29, 1.82) is 0 Å². The van der Waals surface area contributed by atoms with Crippen LogP contribution in [-0.2, 0) is 0 Å². The molecule has 2 saturated carbocycles. The molecule has 0 aromatic rings. The van der Waals surface area contributed by atoms with Gasteiger partial charge in [0.25, 0.3) is 0 Å². The summed E-state index contributed by atoms with van der Waals surface area (Å²) in [4.78, 5) is 0. The van der Waals surface area contributed by atoms with Gasteiger partial charge in [0.05, 0.1) is 0 Å². The van der Waals surface area contributed by atoms with Crippen molar-refractivity contribution < 1.29 is 0 Å². The van der Waals surface area contributed by atoms with Crippen LogP contribution in [-0.4, -0.2) is 0 Å². The zero-order chi connectivity index (χ0) is 9.64. The molecule has 0 N–H and O–H groups in total. The van der Waals surface area contributed by atoms with Crippen molar-refractivity contribution in [2.45, 2.75) is 70.6 Å². The van der Waals surface area contributed by atoms with Crippen LogP contribution in [0.2, 0.25) is 0 Å². The maximum atomic E-state index is 3.66. The van der Waals surface area contributed by atoms with E-state index >= 15 is 0 Å². The molecule has 0 aromatic heterocycles. The second-order valence-corrected chi connectivity index (χ2v) is 5.23. The van der Waals surface area contributed by atoms with Crippen molar-refractivity contribution in [2.75, 3.05) is 0 Å². The highest BCUT2D eigenvalue weighted by molar-refractivity contribution is 4.81. The predicted octanol–water partition coefficient (Wildman–Crippen LogP) is 4.62. The topological polar surface area (TPSA) is 0 Å². The minimum atomic E-state index is 0.866. The van der Waals surface area contributed by atoms with Crippen molar-refractivity contribution in [3.05, 3.63) is 6.42 Å². The molecule has 0 heterocycles. The first-order chi connectivity index (χ1) is 6.95. The molecule has 2 aliphatic carbocycles. The molecule has 1 atom stereocenters. The van der Waals surface area contributed by atoms with E-state index in [1.165, 1.54) is 70.6 Å². The first-order valence-corrected chi connectivity index (χ1v) is 6.68. The van der Waals surface area contributed by atoms with Gasteiger partial charge in [0.15, 0.2) is 0 Å². The second-order valence-electron chi connectivity index (χ2n) is 5.23. The molecule has 0 nitrogen and oxygen atoms in total. The van der Waals surface area contributed by atoms with E-state index in [1.807, 2.05) is 0 Å². The Kier molecular flexibility index (Phi) is 4.34. The van der Waals surface area contributed by atoms with Gasteiger partial charge in [-0.1, -0.05) is 51.4 Å². The molecule has 0 heteroatoms.